The first kappa shape index (κ1) is 14.5. The largest absolute Gasteiger partial charge is 0.299 e. The third-order valence-electron chi connectivity index (χ3n) is 3.57. The minimum absolute atomic E-state index is 0.180. The fourth-order valence-corrected chi connectivity index (χ4v) is 4.89. The maximum atomic E-state index is 12.5. The summed E-state index contributed by atoms with van der Waals surface area (Å²) < 4.78 is 26.8. The molecule has 1 aromatic rings. The molecule has 1 aromatic heterocycles. The molecule has 0 N–H and O–H groups in total. The Hall–Kier alpha value is -0.940. The molecule has 1 aliphatic heterocycles. The Morgan fingerprint density at radius 1 is 1.37 bits per heavy atom. The van der Waals surface area contributed by atoms with Crippen molar-refractivity contribution in [3.63, 3.8) is 0 Å². The molecule has 0 amide bonds. The maximum Gasteiger partial charge on any atom is 0.252 e. The van der Waals surface area contributed by atoms with Crippen LogP contribution in [0, 0.1) is 11.3 Å². The van der Waals surface area contributed by atoms with Gasteiger partial charge in [-0.05, 0) is 33.0 Å². The fourth-order valence-electron chi connectivity index (χ4n) is 2.05. The Morgan fingerprint density at radius 2 is 2.05 bits per heavy atom. The molecule has 0 bridgehead atoms. The van der Waals surface area contributed by atoms with Crippen LogP contribution in [0.2, 0.25) is 0 Å². The van der Waals surface area contributed by atoms with E-state index in [-0.39, 0.29) is 9.75 Å². The molecule has 0 spiro atoms. The van der Waals surface area contributed by atoms with Crippen LogP contribution in [0.25, 0.3) is 0 Å². The Morgan fingerprint density at radius 3 is 2.58 bits per heavy atom. The van der Waals surface area contributed by atoms with Gasteiger partial charge in [-0.3, -0.25) is 4.90 Å². The van der Waals surface area contributed by atoms with Crippen molar-refractivity contribution in [1.29, 1.82) is 5.26 Å². The van der Waals surface area contributed by atoms with E-state index < -0.39 is 10.0 Å². The molecule has 1 saturated heterocycles. The van der Waals surface area contributed by atoms with Gasteiger partial charge in [0.05, 0.1) is 0 Å². The van der Waals surface area contributed by atoms with Crippen molar-refractivity contribution in [3.8, 4) is 6.07 Å². The van der Waals surface area contributed by atoms with Gasteiger partial charge in [-0.15, -0.1) is 11.3 Å². The molecule has 2 rings (SSSR count). The first-order chi connectivity index (χ1) is 8.77. The van der Waals surface area contributed by atoms with Gasteiger partial charge >= 0.3 is 0 Å². The van der Waals surface area contributed by atoms with Crippen LogP contribution in [0.5, 0.6) is 0 Å². The van der Waals surface area contributed by atoms with Gasteiger partial charge < -0.3 is 0 Å². The quantitative estimate of drug-likeness (QED) is 0.826. The first-order valence-electron chi connectivity index (χ1n) is 5.99. The first-order valence-corrected chi connectivity index (χ1v) is 8.24. The van der Waals surface area contributed by atoms with Crippen molar-refractivity contribution in [1.82, 2.24) is 9.21 Å². The van der Waals surface area contributed by atoms with Gasteiger partial charge in [-0.1, -0.05) is 0 Å². The number of sulfonamides is 1. The third-order valence-corrected chi connectivity index (χ3v) is 6.87. The average Bonchev–Trinajstić information content (AvgIpc) is 2.81. The second-order valence-electron chi connectivity index (χ2n) is 5.30. The Labute approximate surface area is 118 Å². The van der Waals surface area contributed by atoms with Gasteiger partial charge in [-0.25, -0.2) is 8.42 Å². The van der Waals surface area contributed by atoms with E-state index >= 15 is 0 Å². The standard InChI is InChI=1S/C12H17N3O2S2/c1-12(2)9-15(7-6-14(12)3)19(16,17)11-5-4-10(8-13)18-11/h4-5H,6-7,9H2,1-3H3. The van der Waals surface area contributed by atoms with Gasteiger partial charge in [0, 0.05) is 25.2 Å². The molecule has 0 radical (unpaired) electrons. The minimum atomic E-state index is -3.47. The summed E-state index contributed by atoms with van der Waals surface area (Å²) in [5.74, 6) is 0. The van der Waals surface area contributed by atoms with Crippen LogP contribution >= 0.6 is 11.3 Å². The second kappa shape index (κ2) is 4.87. The molecule has 1 fully saturated rings. The van der Waals surface area contributed by atoms with Crippen LogP contribution in [0.3, 0.4) is 0 Å². The Balaban J connectivity index is 2.28. The maximum absolute atomic E-state index is 12.5. The summed E-state index contributed by atoms with van der Waals surface area (Å²) in [4.78, 5) is 2.58. The lowest BCUT2D eigenvalue weighted by molar-refractivity contribution is 0.0802. The number of rotatable bonds is 2. The normalized spacial score (nSPS) is 21.2. The fraction of sp³-hybridized carbons (Fsp3) is 0.583. The predicted octanol–water partition coefficient (Wildman–Crippen LogP) is 1.33. The van der Waals surface area contributed by atoms with E-state index in [9.17, 15) is 8.42 Å². The van der Waals surface area contributed by atoms with Gasteiger partial charge in [0.25, 0.3) is 10.0 Å². The molecule has 0 aromatic carbocycles. The van der Waals surface area contributed by atoms with E-state index in [0.29, 0.717) is 24.5 Å². The number of hydrogen-bond donors (Lipinski definition) is 0. The van der Waals surface area contributed by atoms with Crippen LogP contribution in [-0.2, 0) is 10.0 Å². The van der Waals surface area contributed by atoms with Crippen molar-refractivity contribution in [2.45, 2.75) is 23.6 Å². The summed E-state index contributed by atoms with van der Waals surface area (Å²) in [6, 6.07) is 5.05. The Kier molecular flexibility index (Phi) is 3.71. The molecular weight excluding hydrogens is 282 g/mol. The summed E-state index contributed by atoms with van der Waals surface area (Å²) >= 11 is 1.03. The van der Waals surface area contributed by atoms with Crippen LogP contribution in [0.1, 0.15) is 18.7 Å². The molecule has 0 atom stereocenters. The lowest BCUT2D eigenvalue weighted by Gasteiger charge is -2.44. The zero-order valence-corrected chi connectivity index (χ0v) is 12.9. The van der Waals surface area contributed by atoms with E-state index in [1.54, 1.807) is 6.07 Å². The number of hydrogen-bond acceptors (Lipinski definition) is 5. The summed E-state index contributed by atoms with van der Waals surface area (Å²) in [5, 5.41) is 8.79. The van der Waals surface area contributed by atoms with Gasteiger partial charge in [0.2, 0.25) is 0 Å². The predicted molar refractivity (Wildman–Crippen MR) is 74.5 cm³/mol. The highest BCUT2D eigenvalue weighted by atomic mass is 32.2. The van der Waals surface area contributed by atoms with E-state index in [0.717, 1.165) is 11.3 Å². The Bertz CT molecular complexity index is 613. The lowest BCUT2D eigenvalue weighted by Crippen LogP contribution is -2.58. The molecule has 7 heteroatoms. The topological polar surface area (TPSA) is 64.4 Å². The zero-order chi connectivity index (χ0) is 14.3. The molecule has 2 heterocycles. The van der Waals surface area contributed by atoms with Crippen molar-refractivity contribution in [2.75, 3.05) is 26.7 Å². The monoisotopic (exact) mass is 299 g/mol. The van der Waals surface area contributed by atoms with Crippen LogP contribution in [0.4, 0.5) is 0 Å². The van der Waals surface area contributed by atoms with Gasteiger partial charge in [0.1, 0.15) is 15.2 Å². The molecule has 0 unspecified atom stereocenters. The lowest BCUT2D eigenvalue weighted by atomic mass is 10.0. The summed E-state index contributed by atoms with van der Waals surface area (Å²) in [7, 11) is -1.47. The van der Waals surface area contributed by atoms with Gasteiger partial charge in [0.15, 0.2) is 0 Å². The highest BCUT2D eigenvalue weighted by molar-refractivity contribution is 7.91. The van der Waals surface area contributed by atoms with Crippen molar-refractivity contribution in [2.24, 2.45) is 0 Å². The molecule has 19 heavy (non-hydrogen) atoms. The summed E-state index contributed by atoms with van der Waals surface area (Å²) in [5.41, 5.74) is -0.180. The summed E-state index contributed by atoms with van der Waals surface area (Å²) in [6.45, 7) is 5.73. The average molecular weight is 299 g/mol. The van der Waals surface area contributed by atoms with Crippen LogP contribution in [-0.4, -0.2) is 49.8 Å². The van der Waals surface area contributed by atoms with Crippen LogP contribution < -0.4 is 0 Å². The summed E-state index contributed by atoms with van der Waals surface area (Å²) in [6.07, 6.45) is 0. The smallest absolute Gasteiger partial charge is 0.252 e. The van der Waals surface area contributed by atoms with Gasteiger partial charge in [-0.2, -0.15) is 9.57 Å². The molecular formula is C12H17N3O2S2. The molecule has 5 nitrogen and oxygen atoms in total. The number of likely N-dealkylation sites (N-methyl/N-ethyl adjacent to an activating group) is 1. The molecule has 1 aliphatic rings. The number of piperazine rings is 1. The van der Waals surface area contributed by atoms with E-state index in [4.69, 9.17) is 5.26 Å². The van der Waals surface area contributed by atoms with Crippen molar-refractivity contribution >= 4 is 21.4 Å². The zero-order valence-electron chi connectivity index (χ0n) is 11.3. The van der Waals surface area contributed by atoms with E-state index in [1.807, 2.05) is 27.0 Å². The SMILES string of the molecule is CN1CCN(S(=O)(=O)c2ccc(C#N)s2)CC1(C)C. The van der Waals surface area contributed by atoms with Crippen LogP contribution in [0.15, 0.2) is 16.3 Å². The molecule has 0 aliphatic carbocycles. The highest BCUT2D eigenvalue weighted by Gasteiger charge is 2.37. The molecule has 0 saturated carbocycles. The van der Waals surface area contributed by atoms with E-state index in [1.165, 1.54) is 10.4 Å². The van der Waals surface area contributed by atoms with Crippen molar-refractivity contribution in [3.05, 3.63) is 17.0 Å². The highest BCUT2D eigenvalue weighted by Crippen LogP contribution is 2.28. The second-order valence-corrected chi connectivity index (χ2v) is 8.55. The third kappa shape index (κ3) is 2.67. The molecule has 104 valence electrons. The minimum Gasteiger partial charge on any atom is -0.299 e. The van der Waals surface area contributed by atoms with Crippen molar-refractivity contribution < 1.29 is 8.42 Å². The number of nitriles is 1. The number of thiophene rings is 1. The van der Waals surface area contributed by atoms with E-state index in [2.05, 4.69) is 4.90 Å². The number of nitrogens with zero attached hydrogens (tertiary/aromatic N) is 3.